The first kappa shape index (κ1) is 28.7. The van der Waals surface area contributed by atoms with Gasteiger partial charge in [0, 0.05) is 13.1 Å². The minimum atomic E-state index is -0.896. The molecule has 2 saturated heterocycles. The van der Waals surface area contributed by atoms with Crippen LogP contribution in [0.1, 0.15) is 34.6 Å². The van der Waals surface area contributed by atoms with Gasteiger partial charge in [0.1, 0.15) is 11.6 Å². The van der Waals surface area contributed by atoms with Gasteiger partial charge in [0.05, 0.1) is 45.5 Å². The minimum absolute atomic E-state index is 0.149. The van der Waals surface area contributed by atoms with Crippen molar-refractivity contribution in [1.29, 1.82) is 0 Å². The number of carbonyl (C=O) groups excluding carboxylic acids is 5. The van der Waals surface area contributed by atoms with Gasteiger partial charge in [0.2, 0.25) is 23.6 Å². The molecule has 198 valence electrons. The summed E-state index contributed by atoms with van der Waals surface area (Å²) in [5, 5.41) is 10.3. The van der Waals surface area contributed by atoms with Crippen molar-refractivity contribution in [1.82, 2.24) is 26.2 Å². The van der Waals surface area contributed by atoms with Crippen LogP contribution in [-0.4, -0.2) is 105 Å². The van der Waals surface area contributed by atoms with Crippen molar-refractivity contribution >= 4 is 29.4 Å². The van der Waals surface area contributed by atoms with Crippen LogP contribution in [0.15, 0.2) is 0 Å². The Morgan fingerprint density at radius 1 is 0.829 bits per heavy atom. The van der Waals surface area contributed by atoms with E-state index in [0.29, 0.717) is 32.9 Å². The molecule has 2 rings (SSSR count). The van der Waals surface area contributed by atoms with Crippen LogP contribution in [0.25, 0.3) is 0 Å². The van der Waals surface area contributed by atoms with E-state index in [2.05, 4.69) is 21.3 Å². The predicted octanol–water partition coefficient (Wildman–Crippen LogP) is -1.81. The number of nitrogens with one attached hydrogen (secondary N) is 4. The molecule has 2 aliphatic heterocycles. The fraction of sp³-hybridized carbons (Fsp3) is 0.783. The van der Waals surface area contributed by atoms with E-state index in [1.165, 1.54) is 0 Å². The maximum atomic E-state index is 12.6. The van der Waals surface area contributed by atoms with E-state index in [0.717, 1.165) is 0 Å². The summed E-state index contributed by atoms with van der Waals surface area (Å²) in [7, 11) is 0. The first-order valence-electron chi connectivity index (χ1n) is 12.0. The highest BCUT2D eigenvalue weighted by Gasteiger charge is 2.50. The summed E-state index contributed by atoms with van der Waals surface area (Å²) in [6.45, 7) is 11.2. The Labute approximate surface area is 206 Å². The van der Waals surface area contributed by atoms with Crippen LogP contribution >= 0.6 is 0 Å². The Hall–Kier alpha value is -2.57. The average molecular weight is 498 g/mol. The summed E-state index contributed by atoms with van der Waals surface area (Å²) in [5.74, 6) is -2.46. The van der Waals surface area contributed by atoms with Crippen molar-refractivity contribution in [2.75, 3.05) is 52.5 Å². The summed E-state index contributed by atoms with van der Waals surface area (Å²) in [4.78, 5) is 63.9. The largest absolute Gasteiger partial charge is 0.379 e. The minimum Gasteiger partial charge on any atom is -0.379 e. The average Bonchev–Trinajstić information content (AvgIpc) is 3.56. The molecule has 1 unspecified atom stereocenters. The fourth-order valence-electron chi connectivity index (χ4n) is 3.57. The highest BCUT2D eigenvalue weighted by atomic mass is 16.6. The molecule has 0 saturated carbocycles. The smallest absolute Gasteiger partial charge is 0.243 e. The SMILES string of the molecule is CC(C)[C@H](NC(=O)CNC(=O)CN1CCOCC1)C(=O)NCC(=O)N[C@H](C(=O)C1(C)CO1)C(C)C. The van der Waals surface area contributed by atoms with E-state index < -0.39 is 35.4 Å². The van der Waals surface area contributed by atoms with Crippen LogP contribution in [0.2, 0.25) is 0 Å². The molecule has 0 spiro atoms. The van der Waals surface area contributed by atoms with Gasteiger partial charge in [-0.1, -0.05) is 27.7 Å². The number of amides is 4. The van der Waals surface area contributed by atoms with Gasteiger partial charge in [-0.15, -0.1) is 0 Å². The highest BCUT2D eigenvalue weighted by molar-refractivity contribution is 5.97. The summed E-state index contributed by atoms with van der Waals surface area (Å²) in [6.07, 6.45) is 0. The van der Waals surface area contributed by atoms with Crippen molar-refractivity contribution in [3.05, 3.63) is 0 Å². The molecular weight excluding hydrogens is 458 g/mol. The van der Waals surface area contributed by atoms with Crippen LogP contribution < -0.4 is 21.3 Å². The first-order valence-corrected chi connectivity index (χ1v) is 12.0. The number of epoxide rings is 1. The molecule has 0 aromatic rings. The number of morpholine rings is 1. The van der Waals surface area contributed by atoms with E-state index >= 15 is 0 Å². The monoisotopic (exact) mass is 497 g/mol. The van der Waals surface area contributed by atoms with Gasteiger partial charge in [-0.3, -0.25) is 28.9 Å². The van der Waals surface area contributed by atoms with Gasteiger partial charge in [0.15, 0.2) is 5.78 Å². The second-order valence-electron chi connectivity index (χ2n) is 9.85. The maximum absolute atomic E-state index is 12.6. The van der Waals surface area contributed by atoms with E-state index in [1.807, 2.05) is 18.7 Å². The number of nitrogens with zero attached hydrogens (tertiary/aromatic N) is 1. The second kappa shape index (κ2) is 12.9. The normalized spacial score (nSPS) is 21.7. The third kappa shape index (κ3) is 9.19. The van der Waals surface area contributed by atoms with Gasteiger partial charge in [-0.25, -0.2) is 0 Å². The number of carbonyl (C=O) groups is 5. The summed E-state index contributed by atoms with van der Waals surface area (Å²) >= 11 is 0. The van der Waals surface area contributed by atoms with Crippen molar-refractivity contribution in [2.24, 2.45) is 11.8 Å². The maximum Gasteiger partial charge on any atom is 0.243 e. The number of ketones is 1. The Morgan fingerprint density at radius 3 is 1.86 bits per heavy atom. The quantitative estimate of drug-likeness (QED) is 0.217. The summed E-state index contributed by atoms with van der Waals surface area (Å²) in [5.41, 5.74) is -0.865. The number of Topliss-reactive ketones (excluding diaryl/α,β-unsaturated/α-hetero) is 1. The Morgan fingerprint density at radius 2 is 1.34 bits per heavy atom. The number of hydrogen-bond acceptors (Lipinski definition) is 8. The first-order chi connectivity index (χ1) is 16.4. The Balaban J connectivity index is 1.77. The molecule has 3 atom stereocenters. The van der Waals surface area contributed by atoms with Gasteiger partial charge < -0.3 is 30.7 Å². The molecule has 0 aromatic carbocycles. The molecule has 4 amide bonds. The van der Waals surface area contributed by atoms with E-state index in [1.54, 1.807) is 20.8 Å². The Bertz CT molecular complexity index is 791. The van der Waals surface area contributed by atoms with Gasteiger partial charge >= 0.3 is 0 Å². The lowest BCUT2D eigenvalue weighted by Gasteiger charge is -2.26. The third-order valence-corrected chi connectivity index (χ3v) is 5.97. The zero-order valence-electron chi connectivity index (χ0n) is 21.3. The van der Waals surface area contributed by atoms with E-state index in [9.17, 15) is 24.0 Å². The molecule has 0 radical (unpaired) electrons. The van der Waals surface area contributed by atoms with Crippen molar-refractivity contribution in [3.8, 4) is 0 Å². The zero-order valence-corrected chi connectivity index (χ0v) is 21.3. The molecule has 12 heteroatoms. The lowest BCUT2D eigenvalue weighted by atomic mass is 9.92. The van der Waals surface area contributed by atoms with Crippen molar-refractivity contribution in [2.45, 2.75) is 52.3 Å². The van der Waals surface area contributed by atoms with Crippen LogP contribution in [0.5, 0.6) is 0 Å². The third-order valence-electron chi connectivity index (χ3n) is 5.97. The predicted molar refractivity (Wildman–Crippen MR) is 126 cm³/mol. The number of hydrogen-bond donors (Lipinski definition) is 4. The molecule has 12 nitrogen and oxygen atoms in total. The van der Waals surface area contributed by atoms with Crippen LogP contribution in [0, 0.1) is 11.8 Å². The molecule has 2 heterocycles. The van der Waals surface area contributed by atoms with Gasteiger partial charge in [-0.05, 0) is 18.8 Å². The van der Waals surface area contributed by atoms with E-state index in [4.69, 9.17) is 9.47 Å². The molecular formula is C23H39N5O7. The molecule has 0 aromatic heterocycles. The standard InChI is InChI=1S/C23H39N5O7/c1-14(2)19(21(32)23(5)13-35-23)26-17(30)11-25-22(33)20(15(3)4)27-16(29)10-24-18(31)12-28-6-8-34-9-7-28/h14-15,19-20H,6-13H2,1-5H3,(H,24,31)(H,25,33)(H,26,30)(H,27,29)/t19-,20-,23?/m0/s1. The van der Waals surface area contributed by atoms with Gasteiger partial charge in [0.25, 0.3) is 0 Å². The van der Waals surface area contributed by atoms with Gasteiger partial charge in [-0.2, -0.15) is 0 Å². The molecule has 35 heavy (non-hydrogen) atoms. The number of rotatable bonds is 13. The molecule has 2 aliphatic rings. The Kier molecular flexibility index (Phi) is 10.6. The van der Waals surface area contributed by atoms with Crippen LogP contribution in [0.3, 0.4) is 0 Å². The van der Waals surface area contributed by atoms with Crippen LogP contribution in [0.4, 0.5) is 0 Å². The van der Waals surface area contributed by atoms with E-state index in [-0.39, 0.29) is 43.2 Å². The van der Waals surface area contributed by atoms with Crippen molar-refractivity contribution < 1.29 is 33.4 Å². The van der Waals surface area contributed by atoms with Crippen molar-refractivity contribution in [3.63, 3.8) is 0 Å². The summed E-state index contributed by atoms with van der Waals surface area (Å²) in [6, 6.07) is -1.62. The second-order valence-corrected chi connectivity index (χ2v) is 9.85. The molecule has 0 bridgehead atoms. The number of ether oxygens (including phenoxy) is 2. The summed E-state index contributed by atoms with van der Waals surface area (Å²) < 4.78 is 10.4. The molecule has 2 fully saturated rings. The molecule has 0 aliphatic carbocycles. The lowest BCUT2D eigenvalue weighted by molar-refractivity contribution is -0.133. The fourth-order valence-corrected chi connectivity index (χ4v) is 3.57. The zero-order chi connectivity index (χ0) is 26.2. The molecule has 4 N–H and O–H groups in total. The highest BCUT2D eigenvalue weighted by Crippen LogP contribution is 2.29. The van der Waals surface area contributed by atoms with Crippen LogP contribution in [-0.2, 0) is 33.4 Å². The topological polar surface area (TPSA) is 158 Å². The lowest BCUT2D eigenvalue weighted by Crippen LogP contribution is -2.55.